The Morgan fingerprint density at radius 1 is 1.20 bits per heavy atom. The summed E-state index contributed by atoms with van der Waals surface area (Å²) in [6.07, 6.45) is 6.75. The van der Waals surface area contributed by atoms with Crippen molar-refractivity contribution in [1.29, 1.82) is 0 Å². The van der Waals surface area contributed by atoms with E-state index in [1.807, 2.05) is 0 Å². The van der Waals surface area contributed by atoms with Crippen LogP contribution in [0.3, 0.4) is 0 Å². The fourth-order valence-corrected chi connectivity index (χ4v) is 2.69. The molecule has 0 radical (unpaired) electrons. The van der Waals surface area contributed by atoms with Crippen molar-refractivity contribution in [3.63, 3.8) is 0 Å². The molecule has 1 N–H and O–H groups in total. The van der Waals surface area contributed by atoms with E-state index < -0.39 is 0 Å². The van der Waals surface area contributed by atoms with Gasteiger partial charge in [-0.2, -0.15) is 0 Å². The van der Waals surface area contributed by atoms with Crippen LogP contribution < -0.4 is 5.32 Å². The first-order valence-electron chi connectivity index (χ1n) is 6.59. The van der Waals surface area contributed by atoms with E-state index in [2.05, 4.69) is 38.0 Å². The second kappa shape index (κ2) is 6.49. The lowest BCUT2D eigenvalue weighted by atomic mass is 9.90. The molecular weight excluding hydrogens is 184 g/mol. The Bertz CT molecular complexity index is 160. The molecule has 0 bridgehead atoms. The summed E-state index contributed by atoms with van der Waals surface area (Å²) in [4.78, 5) is 2.55. The average molecular weight is 212 g/mol. The van der Waals surface area contributed by atoms with Crippen LogP contribution in [0.15, 0.2) is 0 Å². The number of hydrogen-bond acceptors (Lipinski definition) is 2. The van der Waals surface area contributed by atoms with Gasteiger partial charge in [-0.05, 0) is 45.7 Å². The highest BCUT2D eigenvalue weighted by Gasteiger charge is 2.23. The third-order valence-electron chi connectivity index (χ3n) is 3.47. The topological polar surface area (TPSA) is 15.3 Å². The minimum Gasteiger partial charge on any atom is -0.312 e. The summed E-state index contributed by atoms with van der Waals surface area (Å²) in [5.41, 5.74) is 0. The first-order valence-corrected chi connectivity index (χ1v) is 6.59. The fourth-order valence-electron chi connectivity index (χ4n) is 2.69. The Labute approximate surface area is 95.4 Å². The van der Waals surface area contributed by atoms with Crippen molar-refractivity contribution < 1.29 is 0 Å². The maximum absolute atomic E-state index is 3.65. The molecule has 0 saturated heterocycles. The zero-order valence-corrected chi connectivity index (χ0v) is 10.9. The normalized spacial score (nSPS) is 27.6. The number of hydrogen-bond donors (Lipinski definition) is 1. The van der Waals surface area contributed by atoms with Gasteiger partial charge in [0.15, 0.2) is 0 Å². The lowest BCUT2D eigenvalue weighted by Gasteiger charge is -2.35. The van der Waals surface area contributed by atoms with Crippen LogP contribution in [0.25, 0.3) is 0 Å². The lowest BCUT2D eigenvalue weighted by molar-refractivity contribution is 0.172. The molecule has 1 saturated carbocycles. The van der Waals surface area contributed by atoms with E-state index >= 15 is 0 Å². The Kier molecular flexibility index (Phi) is 5.62. The highest BCUT2D eigenvalue weighted by molar-refractivity contribution is 4.82. The summed E-state index contributed by atoms with van der Waals surface area (Å²) in [5.74, 6) is 0. The second-order valence-electron chi connectivity index (χ2n) is 5.31. The first-order chi connectivity index (χ1) is 7.13. The third kappa shape index (κ3) is 4.52. The van der Waals surface area contributed by atoms with Crippen LogP contribution in [-0.2, 0) is 0 Å². The van der Waals surface area contributed by atoms with E-state index in [-0.39, 0.29) is 0 Å². The van der Waals surface area contributed by atoms with E-state index in [0.717, 1.165) is 12.1 Å². The van der Waals surface area contributed by atoms with Crippen LogP contribution in [0.4, 0.5) is 0 Å². The molecule has 0 spiro atoms. The molecule has 1 aliphatic carbocycles. The largest absolute Gasteiger partial charge is 0.312 e. The van der Waals surface area contributed by atoms with E-state index in [1.165, 1.54) is 38.6 Å². The standard InChI is InChI=1S/C13H28N2/c1-5-10-15(4)13-8-6-12(7-9-13)14-11(2)3/h11-14H,5-10H2,1-4H3. The van der Waals surface area contributed by atoms with E-state index in [1.54, 1.807) is 0 Å². The van der Waals surface area contributed by atoms with Crippen molar-refractivity contribution >= 4 is 0 Å². The molecular formula is C13H28N2. The summed E-state index contributed by atoms with van der Waals surface area (Å²) < 4.78 is 0. The van der Waals surface area contributed by atoms with Crippen molar-refractivity contribution in [2.75, 3.05) is 13.6 Å². The van der Waals surface area contributed by atoms with E-state index in [0.29, 0.717) is 6.04 Å². The summed E-state index contributed by atoms with van der Waals surface area (Å²) >= 11 is 0. The maximum atomic E-state index is 3.65. The van der Waals surface area contributed by atoms with Crippen molar-refractivity contribution in [2.24, 2.45) is 0 Å². The second-order valence-corrected chi connectivity index (χ2v) is 5.31. The van der Waals surface area contributed by atoms with Crippen LogP contribution in [0.5, 0.6) is 0 Å². The molecule has 0 aromatic carbocycles. The number of nitrogens with zero attached hydrogens (tertiary/aromatic N) is 1. The van der Waals surface area contributed by atoms with Crippen LogP contribution in [-0.4, -0.2) is 36.6 Å². The van der Waals surface area contributed by atoms with Gasteiger partial charge in [0.2, 0.25) is 0 Å². The van der Waals surface area contributed by atoms with Gasteiger partial charge >= 0.3 is 0 Å². The number of nitrogens with one attached hydrogen (secondary N) is 1. The third-order valence-corrected chi connectivity index (χ3v) is 3.47. The van der Waals surface area contributed by atoms with Gasteiger partial charge in [0, 0.05) is 18.1 Å². The van der Waals surface area contributed by atoms with Gasteiger partial charge in [-0.1, -0.05) is 20.8 Å². The molecule has 1 fully saturated rings. The van der Waals surface area contributed by atoms with Crippen LogP contribution in [0, 0.1) is 0 Å². The van der Waals surface area contributed by atoms with Gasteiger partial charge < -0.3 is 10.2 Å². The van der Waals surface area contributed by atoms with Gasteiger partial charge in [0.1, 0.15) is 0 Å². The molecule has 0 unspecified atom stereocenters. The Morgan fingerprint density at radius 3 is 2.27 bits per heavy atom. The molecule has 0 heterocycles. The van der Waals surface area contributed by atoms with Gasteiger partial charge in [0.25, 0.3) is 0 Å². The zero-order chi connectivity index (χ0) is 11.3. The predicted molar refractivity (Wildman–Crippen MR) is 67.2 cm³/mol. The van der Waals surface area contributed by atoms with Gasteiger partial charge in [-0.15, -0.1) is 0 Å². The van der Waals surface area contributed by atoms with Crippen molar-refractivity contribution in [3.8, 4) is 0 Å². The van der Waals surface area contributed by atoms with Gasteiger partial charge in [-0.3, -0.25) is 0 Å². The Balaban J connectivity index is 2.23. The highest BCUT2D eigenvalue weighted by Crippen LogP contribution is 2.22. The molecule has 0 atom stereocenters. The monoisotopic (exact) mass is 212 g/mol. The van der Waals surface area contributed by atoms with Crippen molar-refractivity contribution in [3.05, 3.63) is 0 Å². The molecule has 0 aliphatic heterocycles. The molecule has 0 amide bonds. The molecule has 0 aromatic heterocycles. The molecule has 1 aliphatic rings. The summed E-state index contributed by atoms with van der Waals surface area (Å²) in [6, 6.07) is 2.26. The van der Waals surface area contributed by atoms with E-state index in [4.69, 9.17) is 0 Å². The van der Waals surface area contributed by atoms with Crippen LogP contribution >= 0.6 is 0 Å². The first kappa shape index (κ1) is 13.0. The van der Waals surface area contributed by atoms with Crippen LogP contribution in [0.2, 0.25) is 0 Å². The van der Waals surface area contributed by atoms with Gasteiger partial charge in [-0.25, -0.2) is 0 Å². The molecule has 1 rings (SSSR count). The SMILES string of the molecule is CCCN(C)C1CCC(NC(C)C)CC1. The van der Waals surface area contributed by atoms with Crippen molar-refractivity contribution in [1.82, 2.24) is 10.2 Å². The summed E-state index contributed by atoms with van der Waals surface area (Å²) in [7, 11) is 2.28. The predicted octanol–water partition coefficient (Wildman–Crippen LogP) is 2.64. The quantitative estimate of drug-likeness (QED) is 0.753. The molecule has 90 valence electrons. The van der Waals surface area contributed by atoms with Crippen LogP contribution in [0.1, 0.15) is 52.9 Å². The smallest absolute Gasteiger partial charge is 0.00933 e. The van der Waals surface area contributed by atoms with Crippen molar-refractivity contribution in [2.45, 2.75) is 71.0 Å². The molecule has 15 heavy (non-hydrogen) atoms. The van der Waals surface area contributed by atoms with E-state index in [9.17, 15) is 0 Å². The fraction of sp³-hybridized carbons (Fsp3) is 1.00. The molecule has 0 aromatic rings. The molecule has 2 heteroatoms. The highest BCUT2D eigenvalue weighted by atomic mass is 15.1. The Hall–Kier alpha value is -0.0800. The summed E-state index contributed by atoms with van der Waals surface area (Å²) in [6.45, 7) is 8.01. The average Bonchev–Trinajstić information content (AvgIpc) is 2.18. The number of rotatable bonds is 5. The molecule has 2 nitrogen and oxygen atoms in total. The zero-order valence-electron chi connectivity index (χ0n) is 10.9. The van der Waals surface area contributed by atoms with Gasteiger partial charge in [0.05, 0.1) is 0 Å². The maximum Gasteiger partial charge on any atom is 0.00933 e. The lowest BCUT2D eigenvalue weighted by Crippen LogP contribution is -2.43. The summed E-state index contributed by atoms with van der Waals surface area (Å²) in [5, 5.41) is 3.65. The minimum absolute atomic E-state index is 0.639. The Morgan fingerprint density at radius 2 is 1.80 bits per heavy atom. The minimum atomic E-state index is 0.639.